The minimum Gasteiger partial charge on any atom is -0.507 e. The number of hydrazone groups is 1. The van der Waals surface area contributed by atoms with E-state index >= 15 is 0 Å². The molecule has 2 aromatic carbocycles. The van der Waals surface area contributed by atoms with Gasteiger partial charge in [-0.3, -0.25) is 14.7 Å². The van der Waals surface area contributed by atoms with E-state index in [-0.39, 0.29) is 30.3 Å². The average molecular weight is 456 g/mol. The topological polar surface area (TPSA) is 104 Å². The van der Waals surface area contributed by atoms with Crippen molar-refractivity contribution in [1.82, 2.24) is 10.3 Å². The number of nitrogens with zero attached hydrogens (tertiary/aromatic N) is 3. The zero-order valence-electron chi connectivity index (χ0n) is 18.2. The SMILES string of the molecule is CC(=O)NC[C@H]1CN(c2ccc(-c3ccc(/C=N/N4CCOCC4)c(O)c3)c(F)c2)C(=O)O1. The summed E-state index contributed by atoms with van der Waals surface area (Å²) in [5, 5.41) is 19.2. The van der Waals surface area contributed by atoms with Crippen molar-refractivity contribution in [2.75, 3.05) is 44.3 Å². The third-order valence-corrected chi connectivity index (χ3v) is 5.41. The lowest BCUT2D eigenvalue weighted by molar-refractivity contribution is -0.119. The van der Waals surface area contributed by atoms with Gasteiger partial charge in [0.15, 0.2) is 0 Å². The van der Waals surface area contributed by atoms with Crippen molar-refractivity contribution in [3.8, 4) is 16.9 Å². The van der Waals surface area contributed by atoms with Crippen LogP contribution < -0.4 is 10.2 Å². The van der Waals surface area contributed by atoms with Crippen LogP contribution >= 0.6 is 0 Å². The largest absolute Gasteiger partial charge is 0.507 e. The van der Waals surface area contributed by atoms with Gasteiger partial charge >= 0.3 is 6.09 Å². The first kappa shape index (κ1) is 22.5. The second-order valence-corrected chi connectivity index (χ2v) is 7.80. The average Bonchev–Trinajstić information content (AvgIpc) is 3.18. The molecular weight excluding hydrogens is 431 g/mol. The number of ether oxygens (including phenoxy) is 2. The molecule has 174 valence electrons. The van der Waals surface area contributed by atoms with Gasteiger partial charge in [-0.15, -0.1) is 0 Å². The van der Waals surface area contributed by atoms with Crippen LogP contribution in [0, 0.1) is 5.82 Å². The van der Waals surface area contributed by atoms with Gasteiger partial charge in [0.1, 0.15) is 17.7 Å². The quantitative estimate of drug-likeness (QED) is 0.647. The summed E-state index contributed by atoms with van der Waals surface area (Å²) >= 11 is 0. The molecule has 2 aliphatic heterocycles. The number of aromatic hydroxyl groups is 1. The predicted octanol–water partition coefficient (Wildman–Crippen LogP) is 2.33. The van der Waals surface area contributed by atoms with Gasteiger partial charge in [-0.05, 0) is 35.9 Å². The van der Waals surface area contributed by atoms with Crippen molar-refractivity contribution >= 4 is 23.9 Å². The Kier molecular flexibility index (Phi) is 6.74. The van der Waals surface area contributed by atoms with Crippen molar-refractivity contribution in [3.05, 3.63) is 47.8 Å². The van der Waals surface area contributed by atoms with E-state index in [4.69, 9.17) is 9.47 Å². The Labute approximate surface area is 190 Å². The summed E-state index contributed by atoms with van der Waals surface area (Å²) in [4.78, 5) is 24.5. The summed E-state index contributed by atoms with van der Waals surface area (Å²) in [6.07, 6.45) is 0.465. The van der Waals surface area contributed by atoms with Gasteiger partial charge < -0.3 is 19.9 Å². The highest BCUT2D eigenvalue weighted by atomic mass is 19.1. The number of nitrogens with one attached hydrogen (secondary N) is 1. The highest BCUT2D eigenvalue weighted by Gasteiger charge is 2.32. The molecule has 2 fully saturated rings. The molecule has 2 aromatic rings. The molecule has 10 heteroatoms. The Morgan fingerprint density at radius 2 is 2.06 bits per heavy atom. The highest BCUT2D eigenvalue weighted by molar-refractivity contribution is 5.90. The number of morpholine rings is 1. The van der Waals surface area contributed by atoms with E-state index in [1.54, 1.807) is 30.5 Å². The molecule has 33 heavy (non-hydrogen) atoms. The zero-order valence-corrected chi connectivity index (χ0v) is 18.2. The predicted molar refractivity (Wildman–Crippen MR) is 120 cm³/mol. The fraction of sp³-hybridized carbons (Fsp3) is 0.348. The van der Waals surface area contributed by atoms with E-state index in [2.05, 4.69) is 10.4 Å². The molecule has 0 bridgehead atoms. The maximum Gasteiger partial charge on any atom is 0.414 e. The number of anilines is 1. The van der Waals surface area contributed by atoms with Crippen molar-refractivity contribution in [3.63, 3.8) is 0 Å². The normalized spacial score (nSPS) is 18.6. The third-order valence-electron chi connectivity index (χ3n) is 5.41. The molecular formula is C23H25FN4O5. The number of carbonyl (C=O) groups is 2. The Morgan fingerprint density at radius 3 is 2.76 bits per heavy atom. The van der Waals surface area contributed by atoms with Gasteiger partial charge in [0, 0.05) is 18.1 Å². The smallest absolute Gasteiger partial charge is 0.414 e. The third kappa shape index (κ3) is 5.40. The molecule has 0 aliphatic carbocycles. The molecule has 2 amide bonds. The number of halogens is 1. The van der Waals surface area contributed by atoms with Crippen LogP contribution in [0.1, 0.15) is 12.5 Å². The number of hydrogen-bond acceptors (Lipinski definition) is 7. The standard InChI is InChI=1S/C23H25FN4O5/c1-15(29)25-13-19-14-28(23(31)33-19)18-4-5-20(21(24)11-18)16-2-3-17(22(30)10-16)12-26-27-6-8-32-9-7-27/h2-5,10-12,19,30H,6-9,13-14H2,1H3,(H,25,29)/b26-12+/t19-/m0/s1. The fourth-order valence-electron chi connectivity index (χ4n) is 3.64. The molecule has 2 aliphatic rings. The number of amides is 2. The van der Waals surface area contributed by atoms with E-state index in [9.17, 15) is 19.1 Å². The number of rotatable bonds is 6. The molecule has 0 spiro atoms. The fourth-order valence-corrected chi connectivity index (χ4v) is 3.64. The second kappa shape index (κ2) is 9.86. The number of hydrogen-bond donors (Lipinski definition) is 2. The summed E-state index contributed by atoms with van der Waals surface area (Å²) in [6.45, 7) is 4.38. The van der Waals surface area contributed by atoms with E-state index in [0.717, 1.165) is 0 Å². The summed E-state index contributed by atoms with van der Waals surface area (Å²) in [7, 11) is 0. The number of carbonyl (C=O) groups excluding carboxylic acids is 2. The maximum atomic E-state index is 14.9. The lowest BCUT2D eigenvalue weighted by atomic mass is 10.0. The summed E-state index contributed by atoms with van der Waals surface area (Å²) < 4.78 is 25.4. The lowest BCUT2D eigenvalue weighted by Gasteiger charge is -2.23. The molecule has 0 saturated carbocycles. The minimum absolute atomic E-state index is 0.0167. The molecule has 0 aromatic heterocycles. The minimum atomic E-state index is -0.598. The first-order chi connectivity index (χ1) is 15.9. The Morgan fingerprint density at radius 1 is 1.27 bits per heavy atom. The Balaban J connectivity index is 1.46. The van der Waals surface area contributed by atoms with Gasteiger partial charge in [-0.1, -0.05) is 6.07 Å². The summed E-state index contributed by atoms with van der Waals surface area (Å²) in [5.41, 5.74) is 1.65. The van der Waals surface area contributed by atoms with Gasteiger partial charge in [-0.2, -0.15) is 5.10 Å². The molecule has 0 unspecified atom stereocenters. The maximum absolute atomic E-state index is 14.9. The van der Waals surface area contributed by atoms with Crippen molar-refractivity contribution in [2.45, 2.75) is 13.0 Å². The Hall–Kier alpha value is -3.66. The van der Waals surface area contributed by atoms with Gasteiger partial charge in [0.2, 0.25) is 5.91 Å². The monoisotopic (exact) mass is 456 g/mol. The summed E-state index contributed by atoms with van der Waals surface area (Å²) in [6, 6.07) is 9.27. The van der Waals surface area contributed by atoms with Crippen molar-refractivity contribution in [1.29, 1.82) is 0 Å². The van der Waals surface area contributed by atoms with Crippen LogP contribution in [0.5, 0.6) is 5.75 Å². The van der Waals surface area contributed by atoms with Crippen LogP contribution in [-0.2, 0) is 14.3 Å². The van der Waals surface area contributed by atoms with Crippen LogP contribution in [0.2, 0.25) is 0 Å². The number of phenols is 1. The molecule has 2 heterocycles. The molecule has 4 rings (SSSR count). The summed E-state index contributed by atoms with van der Waals surface area (Å²) in [5.74, 6) is -0.779. The van der Waals surface area contributed by atoms with Crippen molar-refractivity contribution < 1.29 is 28.6 Å². The molecule has 9 nitrogen and oxygen atoms in total. The van der Waals surface area contributed by atoms with E-state index in [0.29, 0.717) is 43.1 Å². The van der Waals surface area contributed by atoms with Crippen LogP contribution in [-0.4, -0.2) is 73.8 Å². The van der Waals surface area contributed by atoms with Crippen LogP contribution in [0.4, 0.5) is 14.9 Å². The first-order valence-electron chi connectivity index (χ1n) is 10.6. The first-order valence-corrected chi connectivity index (χ1v) is 10.6. The van der Waals surface area contributed by atoms with Gasteiger partial charge in [0.25, 0.3) is 0 Å². The number of phenolic OH excluding ortho intramolecular Hbond substituents is 1. The molecule has 2 saturated heterocycles. The molecule has 1 atom stereocenters. The second-order valence-electron chi connectivity index (χ2n) is 7.80. The number of benzene rings is 2. The van der Waals surface area contributed by atoms with Crippen LogP contribution in [0.25, 0.3) is 11.1 Å². The molecule has 2 N–H and O–H groups in total. The number of cyclic esters (lactones) is 1. The van der Waals surface area contributed by atoms with Crippen LogP contribution in [0.15, 0.2) is 41.5 Å². The Bertz CT molecular complexity index is 1070. The molecule has 0 radical (unpaired) electrons. The van der Waals surface area contributed by atoms with Crippen LogP contribution in [0.3, 0.4) is 0 Å². The van der Waals surface area contributed by atoms with E-state index < -0.39 is 18.0 Å². The van der Waals surface area contributed by atoms with Gasteiger partial charge in [0.05, 0.1) is 51.3 Å². The van der Waals surface area contributed by atoms with Crippen molar-refractivity contribution in [2.24, 2.45) is 5.10 Å². The lowest BCUT2D eigenvalue weighted by Crippen LogP contribution is -2.33. The zero-order chi connectivity index (χ0) is 23.4. The van der Waals surface area contributed by atoms with Gasteiger partial charge in [-0.25, -0.2) is 9.18 Å². The van der Waals surface area contributed by atoms with E-state index in [1.165, 1.54) is 24.0 Å². The highest BCUT2D eigenvalue weighted by Crippen LogP contribution is 2.31. The van der Waals surface area contributed by atoms with E-state index in [1.807, 2.05) is 5.01 Å².